The van der Waals surface area contributed by atoms with Gasteiger partial charge >= 0.3 is 0 Å². The average molecular weight is 504 g/mol. The number of hydrogen-bond acceptors (Lipinski definition) is 3. The van der Waals surface area contributed by atoms with Crippen LogP contribution in [0.1, 0.15) is 49.0 Å². The molecule has 0 bridgehead atoms. The van der Waals surface area contributed by atoms with E-state index in [0.29, 0.717) is 6.54 Å². The minimum absolute atomic E-state index is 0. The molecule has 1 fully saturated rings. The Morgan fingerprint density at radius 2 is 1.93 bits per heavy atom. The Hall–Kier alpha value is -0.960. The Balaban J connectivity index is 0.00000364. The lowest BCUT2D eigenvalue weighted by atomic mass is 10.1. The molecule has 1 aromatic rings. The fourth-order valence-corrected chi connectivity index (χ4v) is 3.09. The van der Waals surface area contributed by atoms with E-state index in [0.717, 1.165) is 49.6 Å². The van der Waals surface area contributed by atoms with Gasteiger partial charge in [0.05, 0.1) is 0 Å². The SMILES string of the molecule is CN=C(NCc1cccc(C(=O)N2CCCCC2)c1)NCC(C)(C)SC.I. The van der Waals surface area contributed by atoms with Crippen molar-refractivity contribution in [2.45, 2.75) is 44.4 Å². The van der Waals surface area contributed by atoms with Gasteiger partial charge in [-0.25, -0.2) is 0 Å². The van der Waals surface area contributed by atoms with Gasteiger partial charge in [-0.15, -0.1) is 24.0 Å². The highest BCUT2D eigenvalue weighted by Crippen LogP contribution is 2.19. The molecular formula is C20H33IN4OS. The number of nitrogens with one attached hydrogen (secondary N) is 2. The number of carbonyl (C=O) groups excluding carboxylic acids is 1. The van der Waals surface area contributed by atoms with Crippen LogP contribution in [0.5, 0.6) is 0 Å². The Bertz CT molecular complexity index is 630. The molecule has 0 aliphatic carbocycles. The van der Waals surface area contributed by atoms with E-state index in [9.17, 15) is 4.79 Å². The number of piperidine rings is 1. The number of rotatable bonds is 6. The Morgan fingerprint density at radius 1 is 1.22 bits per heavy atom. The molecule has 152 valence electrons. The highest BCUT2D eigenvalue weighted by atomic mass is 127. The number of benzene rings is 1. The molecule has 0 saturated carbocycles. The average Bonchev–Trinajstić information content (AvgIpc) is 2.68. The zero-order valence-electron chi connectivity index (χ0n) is 16.9. The van der Waals surface area contributed by atoms with Crippen LogP contribution in [0.15, 0.2) is 29.3 Å². The summed E-state index contributed by atoms with van der Waals surface area (Å²) in [7, 11) is 1.78. The maximum atomic E-state index is 12.7. The molecule has 1 amide bonds. The maximum absolute atomic E-state index is 12.7. The highest BCUT2D eigenvalue weighted by Gasteiger charge is 2.18. The molecule has 2 N–H and O–H groups in total. The second-order valence-electron chi connectivity index (χ2n) is 7.30. The molecule has 2 rings (SSSR count). The van der Waals surface area contributed by atoms with Crippen LogP contribution in [0, 0.1) is 0 Å². The highest BCUT2D eigenvalue weighted by molar-refractivity contribution is 14.0. The molecule has 1 aromatic carbocycles. The summed E-state index contributed by atoms with van der Waals surface area (Å²) < 4.78 is 0.151. The first-order valence-electron chi connectivity index (χ1n) is 9.33. The summed E-state index contributed by atoms with van der Waals surface area (Å²) in [5.74, 6) is 0.927. The van der Waals surface area contributed by atoms with Crippen LogP contribution in [-0.4, -0.2) is 54.5 Å². The van der Waals surface area contributed by atoms with Gasteiger partial charge in [0.1, 0.15) is 0 Å². The fraction of sp³-hybridized carbons (Fsp3) is 0.600. The minimum Gasteiger partial charge on any atom is -0.355 e. The predicted octanol–water partition coefficient (Wildman–Crippen LogP) is 3.74. The second kappa shape index (κ2) is 11.8. The number of carbonyl (C=O) groups is 1. The van der Waals surface area contributed by atoms with Gasteiger partial charge in [-0.1, -0.05) is 12.1 Å². The summed E-state index contributed by atoms with van der Waals surface area (Å²) in [6.45, 7) is 7.63. The van der Waals surface area contributed by atoms with Crippen molar-refractivity contribution in [3.05, 3.63) is 35.4 Å². The third-order valence-corrected chi connectivity index (χ3v) is 5.98. The van der Waals surface area contributed by atoms with E-state index in [4.69, 9.17) is 0 Å². The number of thioether (sulfide) groups is 1. The van der Waals surface area contributed by atoms with Crippen molar-refractivity contribution in [3.63, 3.8) is 0 Å². The van der Waals surface area contributed by atoms with Crippen LogP contribution >= 0.6 is 35.7 Å². The molecule has 1 aliphatic rings. The van der Waals surface area contributed by atoms with Crippen molar-refractivity contribution in [1.82, 2.24) is 15.5 Å². The molecule has 0 aromatic heterocycles. The van der Waals surface area contributed by atoms with Gasteiger partial charge < -0.3 is 15.5 Å². The number of nitrogens with zero attached hydrogens (tertiary/aromatic N) is 2. The van der Waals surface area contributed by atoms with Crippen molar-refractivity contribution in [1.29, 1.82) is 0 Å². The molecule has 0 spiro atoms. The summed E-state index contributed by atoms with van der Waals surface area (Å²) in [5, 5.41) is 6.70. The van der Waals surface area contributed by atoms with Crippen LogP contribution in [-0.2, 0) is 6.54 Å². The summed E-state index contributed by atoms with van der Waals surface area (Å²) in [6.07, 6.45) is 5.57. The molecule has 27 heavy (non-hydrogen) atoms. The van der Waals surface area contributed by atoms with E-state index in [1.165, 1.54) is 6.42 Å². The van der Waals surface area contributed by atoms with Crippen LogP contribution < -0.4 is 10.6 Å². The second-order valence-corrected chi connectivity index (χ2v) is 8.81. The van der Waals surface area contributed by atoms with Gasteiger partial charge in [-0.3, -0.25) is 9.79 Å². The zero-order valence-corrected chi connectivity index (χ0v) is 20.0. The smallest absolute Gasteiger partial charge is 0.253 e. The van der Waals surface area contributed by atoms with Gasteiger partial charge in [0.25, 0.3) is 5.91 Å². The van der Waals surface area contributed by atoms with Crippen molar-refractivity contribution in [3.8, 4) is 0 Å². The quantitative estimate of drug-likeness (QED) is 0.352. The van der Waals surface area contributed by atoms with Gasteiger partial charge in [-0.2, -0.15) is 11.8 Å². The van der Waals surface area contributed by atoms with E-state index < -0.39 is 0 Å². The fourth-order valence-electron chi connectivity index (χ4n) is 2.87. The number of hydrogen-bond donors (Lipinski definition) is 2. The van der Waals surface area contributed by atoms with Gasteiger partial charge in [0.2, 0.25) is 0 Å². The predicted molar refractivity (Wildman–Crippen MR) is 127 cm³/mol. The largest absolute Gasteiger partial charge is 0.355 e. The number of halogens is 1. The van der Waals surface area contributed by atoms with Crippen molar-refractivity contribution < 1.29 is 4.79 Å². The zero-order chi connectivity index (χ0) is 19.0. The summed E-state index contributed by atoms with van der Waals surface area (Å²) in [5.41, 5.74) is 1.86. The van der Waals surface area contributed by atoms with E-state index in [1.54, 1.807) is 7.05 Å². The third kappa shape index (κ3) is 7.89. The summed E-state index contributed by atoms with van der Waals surface area (Å²) >= 11 is 1.83. The Labute approximate surface area is 185 Å². The molecule has 0 unspecified atom stereocenters. The van der Waals surface area contributed by atoms with Gasteiger partial charge in [-0.05, 0) is 57.1 Å². The molecular weight excluding hydrogens is 471 g/mol. The number of aliphatic imine (C=N–C) groups is 1. The molecule has 1 saturated heterocycles. The molecule has 5 nitrogen and oxygen atoms in total. The lowest BCUT2D eigenvalue weighted by Crippen LogP contribution is -2.43. The first kappa shape index (κ1) is 24.1. The summed E-state index contributed by atoms with van der Waals surface area (Å²) in [6, 6.07) is 7.90. The normalized spacial score (nSPS) is 15.1. The topological polar surface area (TPSA) is 56.7 Å². The van der Waals surface area contributed by atoms with Gasteiger partial charge in [0.15, 0.2) is 5.96 Å². The summed E-state index contributed by atoms with van der Waals surface area (Å²) in [4.78, 5) is 18.9. The van der Waals surface area contributed by atoms with E-state index in [-0.39, 0.29) is 34.6 Å². The van der Waals surface area contributed by atoms with E-state index in [1.807, 2.05) is 40.9 Å². The van der Waals surface area contributed by atoms with E-state index >= 15 is 0 Å². The maximum Gasteiger partial charge on any atom is 0.253 e. The molecule has 1 heterocycles. The van der Waals surface area contributed by atoms with Crippen LogP contribution in [0.2, 0.25) is 0 Å². The van der Waals surface area contributed by atoms with Crippen molar-refractivity contribution >= 4 is 47.6 Å². The number of guanidine groups is 1. The minimum atomic E-state index is 0. The van der Waals surface area contributed by atoms with Crippen LogP contribution in [0.3, 0.4) is 0 Å². The molecule has 0 radical (unpaired) electrons. The third-order valence-electron chi connectivity index (χ3n) is 4.73. The lowest BCUT2D eigenvalue weighted by Gasteiger charge is -2.27. The van der Waals surface area contributed by atoms with E-state index in [2.05, 4.69) is 35.7 Å². The Morgan fingerprint density at radius 3 is 2.56 bits per heavy atom. The number of amides is 1. The van der Waals surface area contributed by atoms with Gasteiger partial charge in [0, 0.05) is 43.5 Å². The standard InChI is InChI=1S/C20H32N4OS.HI/c1-20(2,26-4)15-23-19(21-3)22-14-16-9-8-10-17(13-16)18(25)24-11-6-5-7-12-24;/h8-10,13H,5-7,11-12,14-15H2,1-4H3,(H2,21,22,23);1H. The number of likely N-dealkylation sites (tertiary alicyclic amines) is 1. The van der Waals surface area contributed by atoms with Crippen LogP contribution in [0.25, 0.3) is 0 Å². The van der Waals surface area contributed by atoms with Crippen LogP contribution in [0.4, 0.5) is 0 Å². The first-order chi connectivity index (χ1) is 12.4. The molecule has 7 heteroatoms. The van der Waals surface area contributed by atoms with Crippen molar-refractivity contribution in [2.24, 2.45) is 4.99 Å². The van der Waals surface area contributed by atoms with Crippen molar-refractivity contribution in [2.75, 3.05) is 32.9 Å². The first-order valence-corrected chi connectivity index (χ1v) is 10.6. The molecule has 0 atom stereocenters. The monoisotopic (exact) mass is 504 g/mol. The molecule has 1 aliphatic heterocycles. The lowest BCUT2D eigenvalue weighted by molar-refractivity contribution is 0.0724. The Kier molecular flexibility index (Phi) is 10.5.